The van der Waals surface area contributed by atoms with Crippen LogP contribution < -0.4 is 15.2 Å². The molecule has 0 amide bonds. The SMILES string of the molecule is COc1cc(CSCC2=NS(=O)(=O)c3cc(S(N)(=O)=O)c(Cl)cc3N2)ccc1O. The van der Waals surface area contributed by atoms with Crippen molar-refractivity contribution in [2.45, 2.75) is 15.5 Å². The number of hydrogen-bond donors (Lipinski definition) is 3. The number of nitrogens with zero attached hydrogens (tertiary/aromatic N) is 1. The van der Waals surface area contributed by atoms with Gasteiger partial charge in [0.25, 0.3) is 10.0 Å². The van der Waals surface area contributed by atoms with Gasteiger partial charge in [-0.25, -0.2) is 13.6 Å². The summed E-state index contributed by atoms with van der Waals surface area (Å²) < 4.78 is 56.8. The monoisotopic (exact) mass is 477 g/mol. The second-order valence-corrected chi connectivity index (χ2v) is 10.5. The molecule has 1 aliphatic rings. The van der Waals surface area contributed by atoms with Crippen molar-refractivity contribution in [3.05, 3.63) is 40.9 Å². The Hall–Kier alpha value is -1.99. The van der Waals surface area contributed by atoms with Gasteiger partial charge in [-0.05, 0) is 29.8 Å². The molecule has 1 heterocycles. The molecule has 3 rings (SSSR count). The third-order valence-corrected chi connectivity index (χ3v) is 7.62. The van der Waals surface area contributed by atoms with Gasteiger partial charge in [-0.3, -0.25) is 0 Å². The zero-order chi connectivity index (χ0) is 21.4. The number of thioether (sulfide) groups is 1. The molecular formula is C16H16ClN3O6S3. The molecule has 4 N–H and O–H groups in total. The van der Waals surface area contributed by atoms with Crippen molar-refractivity contribution in [2.24, 2.45) is 9.54 Å². The molecule has 0 spiro atoms. The number of halogens is 1. The third kappa shape index (κ3) is 4.78. The molecule has 0 atom stereocenters. The number of benzene rings is 2. The number of fused-ring (bicyclic) bond motifs is 1. The maximum absolute atomic E-state index is 12.5. The third-order valence-electron chi connectivity index (χ3n) is 3.88. The number of phenolic OH excluding ortho intramolecular Hbond substituents is 1. The Morgan fingerprint density at radius 2 is 2.00 bits per heavy atom. The molecule has 2 aromatic carbocycles. The van der Waals surface area contributed by atoms with E-state index in [1.807, 2.05) is 0 Å². The van der Waals surface area contributed by atoms with Crippen LogP contribution in [0.15, 0.2) is 44.5 Å². The van der Waals surface area contributed by atoms with Crippen LogP contribution in [-0.2, 0) is 25.8 Å². The van der Waals surface area contributed by atoms with E-state index in [0.717, 1.165) is 11.6 Å². The lowest BCUT2D eigenvalue weighted by Crippen LogP contribution is -2.24. The Bertz CT molecular complexity index is 1210. The molecule has 9 nitrogen and oxygen atoms in total. The van der Waals surface area contributed by atoms with E-state index >= 15 is 0 Å². The van der Waals surface area contributed by atoms with Crippen molar-refractivity contribution in [1.82, 2.24) is 0 Å². The van der Waals surface area contributed by atoms with Crippen molar-refractivity contribution in [1.29, 1.82) is 0 Å². The molecule has 0 aliphatic carbocycles. The van der Waals surface area contributed by atoms with E-state index in [9.17, 15) is 21.9 Å². The highest BCUT2D eigenvalue weighted by molar-refractivity contribution is 7.99. The standard InChI is InChI=1S/C16H16ClN3O6S3/c1-26-13-4-9(2-3-12(13)21)7-27-8-16-19-11-5-10(17)14(28(18,22)23)6-15(11)29(24,25)20-16/h2-6,21H,7-8H2,1H3,(H,19,20)(H2,18,22,23). The molecule has 0 saturated heterocycles. The first-order valence-electron chi connectivity index (χ1n) is 7.92. The van der Waals surface area contributed by atoms with E-state index in [0.29, 0.717) is 11.5 Å². The van der Waals surface area contributed by atoms with Gasteiger partial charge in [0.15, 0.2) is 11.5 Å². The number of rotatable bonds is 6. The minimum Gasteiger partial charge on any atom is -0.504 e. The molecule has 0 aromatic heterocycles. The lowest BCUT2D eigenvalue weighted by molar-refractivity contribution is 0.373. The number of phenols is 1. The van der Waals surface area contributed by atoms with Crippen LogP contribution in [0.4, 0.5) is 5.69 Å². The van der Waals surface area contributed by atoms with Crippen molar-refractivity contribution < 1.29 is 26.7 Å². The van der Waals surface area contributed by atoms with E-state index in [1.165, 1.54) is 31.0 Å². The first kappa shape index (κ1) is 21.7. The lowest BCUT2D eigenvalue weighted by Gasteiger charge is -2.19. The summed E-state index contributed by atoms with van der Waals surface area (Å²) in [6, 6.07) is 7.00. The number of ether oxygens (including phenoxy) is 1. The highest BCUT2D eigenvalue weighted by atomic mass is 35.5. The topological polar surface area (TPSA) is 148 Å². The van der Waals surface area contributed by atoms with Crippen LogP contribution in [0, 0.1) is 0 Å². The number of methoxy groups -OCH3 is 1. The number of hydrogen-bond acceptors (Lipinski definition) is 8. The molecule has 13 heteroatoms. The summed E-state index contributed by atoms with van der Waals surface area (Å²) >= 11 is 7.32. The van der Waals surface area contributed by atoms with Crippen LogP contribution in [0.5, 0.6) is 11.5 Å². The second-order valence-electron chi connectivity index (χ2n) is 5.96. The fourth-order valence-electron chi connectivity index (χ4n) is 2.58. The van der Waals surface area contributed by atoms with Crippen LogP contribution in [0.2, 0.25) is 5.02 Å². The molecular weight excluding hydrogens is 462 g/mol. The van der Waals surface area contributed by atoms with Gasteiger partial charge in [-0.2, -0.15) is 8.42 Å². The summed E-state index contributed by atoms with van der Waals surface area (Å²) in [7, 11) is -6.87. The predicted octanol–water partition coefficient (Wildman–Crippen LogP) is 2.15. The first-order chi connectivity index (χ1) is 13.5. The average molecular weight is 478 g/mol. The molecule has 0 fully saturated rings. The number of sulfonamides is 2. The van der Waals surface area contributed by atoms with E-state index in [-0.39, 0.29) is 32.9 Å². The zero-order valence-corrected chi connectivity index (χ0v) is 18.1. The molecule has 2 aromatic rings. The fraction of sp³-hybridized carbons (Fsp3) is 0.188. The summed E-state index contributed by atoms with van der Waals surface area (Å²) in [5.41, 5.74) is 0.990. The summed E-state index contributed by atoms with van der Waals surface area (Å²) in [6.45, 7) is 0. The maximum Gasteiger partial charge on any atom is 0.286 e. The largest absolute Gasteiger partial charge is 0.504 e. The highest BCUT2D eigenvalue weighted by Crippen LogP contribution is 2.35. The molecule has 156 valence electrons. The number of anilines is 1. The summed E-state index contributed by atoms with van der Waals surface area (Å²) in [5.74, 6) is 1.28. The van der Waals surface area contributed by atoms with E-state index in [2.05, 4.69) is 9.71 Å². The van der Waals surface area contributed by atoms with Gasteiger partial charge in [-0.15, -0.1) is 16.2 Å². The van der Waals surface area contributed by atoms with Crippen LogP contribution in [-0.4, -0.2) is 40.6 Å². The Morgan fingerprint density at radius 3 is 2.66 bits per heavy atom. The Morgan fingerprint density at radius 1 is 1.28 bits per heavy atom. The summed E-state index contributed by atoms with van der Waals surface area (Å²) in [5, 5.41) is 17.3. The van der Waals surface area contributed by atoms with E-state index in [4.69, 9.17) is 21.5 Å². The quantitative estimate of drug-likeness (QED) is 0.573. The Labute approximate surface area is 177 Å². The van der Waals surface area contributed by atoms with E-state index < -0.39 is 24.9 Å². The fourth-order valence-corrected chi connectivity index (χ4v) is 5.83. The minimum atomic E-state index is -4.19. The normalized spacial score (nSPS) is 15.2. The molecule has 0 unspecified atom stereocenters. The van der Waals surface area contributed by atoms with Crippen LogP contribution >= 0.6 is 23.4 Å². The lowest BCUT2D eigenvalue weighted by atomic mass is 10.2. The number of nitrogens with one attached hydrogen (secondary N) is 1. The van der Waals surface area contributed by atoms with Gasteiger partial charge in [0.05, 0.1) is 23.6 Å². The van der Waals surface area contributed by atoms with Crippen molar-refractivity contribution >= 4 is 54.9 Å². The Kier molecular flexibility index (Phi) is 6.01. The van der Waals surface area contributed by atoms with Crippen molar-refractivity contribution in [2.75, 3.05) is 18.2 Å². The van der Waals surface area contributed by atoms with E-state index in [1.54, 1.807) is 12.1 Å². The molecule has 0 radical (unpaired) electrons. The predicted molar refractivity (Wildman–Crippen MR) is 112 cm³/mol. The average Bonchev–Trinajstić information content (AvgIpc) is 2.61. The molecule has 1 aliphatic heterocycles. The van der Waals surface area contributed by atoms with Crippen LogP contribution in [0.1, 0.15) is 5.56 Å². The van der Waals surface area contributed by atoms with Gasteiger partial charge >= 0.3 is 0 Å². The highest BCUT2D eigenvalue weighted by Gasteiger charge is 2.28. The number of primary sulfonamides is 1. The summed E-state index contributed by atoms with van der Waals surface area (Å²) in [4.78, 5) is -0.805. The van der Waals surface area contributed by atoms with Gasteiger partial charge < -0.3 is 15.2 Å². The number of aromatic hydroxyl groups is 1. The van der Waals surface area contributed by atoms with Gasteiger partial charge in [0.1, 0.15) is 15.6 Å². The number of nitrogens with two attached hydrogens (primary N) is 1. The zero-order valence-electron chi connectivity index (χ0n) is 14.9. The summed E-state index contributed by atoms with van der Waals surface area (Å²) in [6.07, 6.45) is 0. The van der Waals surface area contributed by atoms with Crippen molar-refractivity contribution in [3.8, 4) is 11.5 Å². The van der Waals surface area contributed by atoms with Gasteiger partial charge in [-0.1, -0.05) is 17.7 Å². The second kappa shape index (κ2) is 8.03. The van der Waals surface area contributed by atoms with Crippen LogP contribution in [0.25, 0.3) is 0 Å². The van der Waals surface area contributed by atoms with Crippen LogP contribution in [0.3, 0.4) is 0 Å². The molecule has 0 bridgehead atoms. The number of amidine groups is 1. The first-order valence-corrected chi connectivity index (χ1v) is 12.4. The minimum absolute atomic E-state index is 0.0259. The van der Waals surface area contributed by atoms with Gasteiger partial charge in [0.2, 0.25) is 10.0 Å². The Balaban J connectivity index is 1.78. The smallest absolute Gasteiger partial charge is 0.286 e. The molecule has 0 saturated carbocycles. The van der Waals surface area contributed by atoms with Crippen molar-refractivity contribution in [3.63, 3.8) is 0 Å². The molecule has 29 heavy (non-hydrogen) atoms. The van der Waals surface area contributed by atoms with Gasteiger partial charge in [0, 0.05) is 5.75 Å². The maximum atomic E-state index is 12.5.